The molecule has 0 unspecified atom stereocenters. The molecule has 6 heteroatoms. The fraction of sp³-hybridized carbons (Fsp3) is 0.214. The van der Waals surface area contributed by atoms with E-state index in [2.05, 4.69) is 21.5 Å². The fourth-order valence-electron chi connectivity index (χ4n) is 1.95. The molecule has 0 aliphatic carbocycles. The molecule has 0 spiro atoms. The molecule has 0 aliphatic heterocycles. The maximum Gasteiger partial charge on any atom is 0.227 e. The van der Waals surface area contributed by atoms with Crippen LogP contribution in [-0.4, -0.2) is 9.97 Å². The van der Waals surface area contributed by atoms with Gasteiger partial charge in [0.25, 0.3) is 0 Å². The van der Waals surface area contributed by atoms with Crippen molar-refractivity contribution < 1.29 is 4.74 Å². The van der Waals surface area contributed by atoms with Crippen LogP contribution in [0.25, 0.3) is 0 Å². The molecule has 1 aromatic heterocycles. The first-order valence-electron chi connectivity index (χ1n) is 6.04. The molecule has 0 saturated heterocycles. The number of nitrogens with zero attached hydrogens (tertiary/aromatic N) is 3. The van der Waals surface area contributed by atoms with E-state index in [9.17, 15) is 0 Å². The summed E-state index contributed by atoms with van der Waals surface area (Å²) in [5.41, 5.74) is 5.58. The standard InChI is InChI=1S/C14H15N5O/c1-8-4-11(6-15)5-9(2)12(8)20-14-10(3)13(19-16)17-7-18-14/h4-5,7H,16H2,1-3H3,(H,17,18,19). The zero-order chi connectivity index (χ0) is 14.7. The largest absolute Gasteiger partial charge is 0.438 e. The third-order valence-corrected chi connectivity index (χ3v) is 2.96. The molecule has 0 atom stereocenters. The number of rotatable bonds is 3. The van der Waals surface area contributed by atoms with Gasteiger partial charge in [0.2, 0.25) is 5.88 Å². The van der Waals surface area contributed by atoms with Crippen LogP contribution < -0.4 is 16.0 Å². The Morgan fingerprint density at radius 1 is 1.20 bits per heavy atom. The Bertz CT molecular complexity index is 667. The van der Waals surface area contributed by atoms with Gasteiger partial charge in [-0.2, -0.15) is 5.26 Å². The van der Waals surface area contributed by atoms with Crippen LogP contribution in [0.4, 0.5) is 5.82 Å². The third-order valence-electron chi connectivity index (χ3n) is 2.96. The summed E-state index contributed by atoms with van der Waals surface area (Å²) in [5, 5.41) is 8.95. The van der Waals surface area contributed by atoms with E-state index in [1.165, 1.54) is 6.33 Å². The number of anilines is 1. The summed E-state index contributed by atoms with van der Waals surface area (Å²) in [4.78, 5) is 8.11. The van der Waals surface area contributed by atoms with Gasteiger partial charge in [-0.15, -0.1) is 0 Å². The molecular weight excluding hydrogens is 254 g/mol. The van der Waals surface area contributed by atoms with Crippen LogP contribution in [0.3, 0.4) is 0 Å². The highest BCUT2D eigenvalue weighted by Crippen LogP contribution is 2.31. The molecule has 1 heterocycles. The Morgan fingerprint density at radius 3 is 2.40 bits per heavy atom. The predicted molar refractivity (Wildman–Crippen MR) is 75.3 cm³/mol. The normalized spacial score (nSPS) is 9.95. The minimum absolute atomic E-state index is 0.434. The SMILES string of the molecule is Cc1cc(C#N)cc(C)c1Oc1ncnc(NN)c1C. The van der Waals surface area contributed by atoms with Gasteiger partial charge in [-0.1, -0.05) is 0 Å². The van der Waals surface area contributed by atoms with Crippen molar-refractivity contribution in [2.75, 3.05) is 5.43 Å². The van der Waals surface area contributed by atoms with Crippen LogP contribution in [0.15, 0.2) is 18.5 Å². The second-order valence-corrected chi connectivity index (χ2v) is 4.45. The molecule has 0 amide bonds. The highest BCUT2D eigenvalue weighted by atomic mass is 16.5. The van der Waals surface area contributed by atoms with Crippen molar-refractivity contribution in [2.45, 2.75) is 20.8 Å². The highest BCUT2D eigenvalue weighted by Gasteiger charge is 2.12. The van der Waals surface area contributed by atoms with Gasteiger partial charge in [-0.05, 0) is 44.0 Å². The van der Waals surface area contributed by atoms with E-state index in [1.54, 1.807) is 12.1 Å². The summed E-state index contributed by atoms with van der Waals surface area (Å²) >= 11 is 0. The molecule has 1 aromatic carbocycles. The van der Waals surface area contributed by atoms with Gasteiger partial charge in [0.15, 0.2) is 0 Å². The number of nitriles is 1. The average molecular weight is 269 g/mol. The molecule has 3 N–H and O–H groups in total. The second-order valence-electron chi connectivity index (χ2n) is 4.45. The number of benzene rings is 1. The van der Waals surface area contributed by atoms with Gasteiger partial charge < -0.3 is 10.2 Å². The lowest BCUT2D eigenvalue weighted by molar-refractivity contribution is 0.451. The number of aryl methyl sites for hydroxylation is 2. The smallest absolute Gasteiger partial charge is 0.227 e. The van der Waals surface area contributed by atoms with Crippen molar-refractivity contribution >= 4 is 5.82 Å². The summed E-state index contributed by atoms with van der Waals surface area (Å²) in [6, 6.07) is 5.68. The first kappa shape index (κ1) is 13.8. The molecule has 6 nitrogen and oxygen atoms in total. The van der Waals surface area contributed by atoms with E-state index in [0.29, 0.717) is 23.0 Å². The van der Waals surface area contributed by atoms with Crippen LogP contribution >= 0.6 is 0 Å². The van der Waals surface area contributed by atoms with E-state index < -0.39 is 0 Å². The third kappa shape index (κ3) is 2.53. The number of nitrogens with one attached hydrogen (secondary N) is 1. The van der Waals surface area contributed by atoms with Crippen molar-refractivity contribution in [1.82, 2.24) is 9.97 Å². The Morgan fingerprint density at radius 2 is 1.85 bits per heavy atom. The van der Waals surface area contributed by atoms with Crippen molar-refractivity contribution in [3.8, 4) is 17.7 Å². The van der Waals surface area contributed by atoms with Crippen molar-refractivity contribution in [2.24, 2.45) is 5.84 Å². The van der Waals surface area contributed by atoms with Gasteiger partial charge in [0, 0.05) is 0 Å². The molecule has 0 fully saturated rings. The first-order chi connectivity index (χ1) is 9.56. The molecule has 102 valence electrons. The number of ether oxygens (including phenoxy) is 1. The summed E-state index contributed by atoms with van der Waals surface area (Å²) in [6.45, 7) is 5.60. The van der Waals surface area contributed by atoms with Crippen molar-refractivity contribution in [1.29, 1.82) is 5.26 Å². The number of hydrogen-bond donors (Lipinski definition) is 2. The van der Waals surface area contributed by atoms with E-state index in [1.807, 2.05) is 20.8 Å². The molecule has 0 radical (unpaired) electrons. The van der Waals surface area contributed by atoms with Gasteiger partial charge in [0.1, 0.15) is 17.9 Å². The second kappa shape index (κ2) is 5.55. The van der Waals surface area contributed by atoms with Crippen molar-refractivity contribution in [3.05, 3.63) is 40.7 Å². The summed E-state index contributed by atoms with van der Waals surface area (Å²) in [6.07, 6.45) is 1.38. The zero-order valence-corrected chi connectivity index (χ0v) is 11.6. The lowest BCUT2D eigenvalue weighted by Gasteiger charge is -2.14. The maximum absolute atomic E-state index is 8.95. The lowest BCUT2D eigenvalue weighted by atomic mass is 10.1. The van der Waals surface area contributed by atoms with Crippen LogP contribution in [0.5, 0.6) is 11.6 Å². The van der Waals surface area contributed by atoms with Crippen LogP contribution in [0, 0.1) is 32.1 Å². The average Bonchev–Trinajstić information content (AvgIpc) is 2.44. The molecule has 0 saturated carbocycles. The summed E-state index contributed by atoms with van der Waals surface area (Å²) < 4.78 is 5.86. The van der Waals surface area contributed by atoms with E-state index in [4.69, 9.17) is 15.8 Å². The predicted octanol–water partition coefficient (Wildman–Crippen LogP) is 2.35. The van der Waals surface area contributed by atoms with Crippen molar-refractivity contribution in [3.63, 3.8) is 0 Å². The van der Waals surface area contributed by atoms with E-state index in [-0.39, 0.29) is 0 Å². The minimum atomic E-state index is 0.434. The Kier molecular flexibility index (Phi) is 3.82. The molecule has 2 aromatic rings. The van der Waals surface area contributed by atoms with Crippen LogP contribution in [0.1, 0.15) is 22.3 Å². The number of hydrazine groups is 1. The molecule has 20 heavy (non-hydrogen) atoms. The summed E-state index contributed by atoms with van der Waals surface area (Å²) in [5.74, 6) is 7.01. The Labute approximate surface area is 117 Å². The van der Waals surface area contributed by atoms with Gasteiger partial charge >= 0.3 is 0 Å². The van der Waals surface area contributed by atoms with Gasteiger partial charge in [-0.3, -0.25) is 0 Å². The minimum Gasteiger partial charge on any atom is -0.438 e. The summed E-state index contributed by atoms with van der Waals surface area (Å²) in [7, 11) is 0. The van der Waals surface area contributed by atoms with Crippen LogP contribution in [0.2, 0.25) is 0 Å². The first-order valence-corrected chi connectivity index (χ1v) is 6.04. The van der Waals surface area contributed by atoms with E-state index >= 15 is 0 Å². The lowest BCUT2D eigenvalue weighted by Crippen LogP contribution is -2.11. The van der Waals surface area contributed by atoms with Gasteiger partial charge in [-0.25, -0.2) is 15.8 Å². The van der Waals surface area contributed by atoms with Crippen LogP contribution in [-0.2, 0) is 0 Å². The molecule has 0 aliphatic rings. The number of nitrogens with two attached hydrogens (primary N) is 1. The quantitative estimate of drug-likeness (QED) is 0.655. The molecular formula is C14H15N5O. The molecule has 0 bridgehead atoms. The van der Waals surface area contributed by atoms with E-state index in [0.717, 1.165) is 16.7 Å². The zero-order valence-electron chi connectivity index (χ0n) is 11.6. The number of hydrogen-bond acceptors (Lipinski definition) is 6. The number of aromatic nitrogens is 2. The fourth-order valence-corrected chi connectivity index (χ4v) is 1.95. The Hall–Kier alpha value is -2.65. The number of nitrogen functional groups attached to an aromatic ring is 1. The highest BCUT2D eigenvalue weighted by molar-refractivity contribution is 5.51. The topological polar surface area (TPSA) is 96.8 Å². The molecule has 2 rings (SSSR count). The maximum atomic E-state index is 8.95. The monoisotopic (exact) mass is 269 g/mol. The Balaban J connectivity index is 2.43. The van der Waals surface area contributed by atoms with Gasteiger partial charge in [0.05, 0.1) is 17.2 Å².